The highest BCUT2D eigenvalue weighted by Gasteiger charge is 2.12. The minimum atomic E-state index is -0.411. The van der Waals surface area contributed by atoms with Gasteiger partial charge in [0.2, 0.25) is 0 Å². The Kier molecular flexibility index (Phi) is 12.1. The van der Waals surface area contributed by atoms with Crippen LogP contribution in [0.1, 0.15) is 39.5 Å². The summed E-state index contributed by atoms with van der Waals surface area (Å²) in [6, 6.07) is 0. The maximum atomic E-state index is 11.4. The molecular formula is C20H30O5. The molecule has 0 N–H and O–H groups in total. The lowest BCUT2D eigenvalue weighted by molar-refractivity contribution is -0.143. The Balaban J connectivity index is 3.84. The van der Waals surface area contributed by atoms with Crippen LogP contribution in [0.25, 0.3) is 0 Å². The molecule has 0 rings (SSSR count). The van der Waals surface area contributed by atoms with Gasteiger partial charge >= 0.3 is 11.9 Å². The van der Waals surface area contributed by atoms with Gasteiger partial charge in [-0.25, -0.2) is 9.59 Å². The van der Waals surface area contributed by atoms with Gasteiger partial charge in [0.1, 0.15) is 12.2 Å². The number of carbonyl (C=O) groups excluding carboxylic acids is 2. The summed E-state index contributed by atoms with van der Waals surface area (Å²) in [5.74, 6) is -0.823. The zero-order chi connectivity index (χ0) is 19.2. The van der Waals surface area contributed by atoms with Crippen LogP contribution in [0, 0.1) is 0 Å². The van der Waals surface area contributed by atoms with Crippen LogP contribution in [0.4, 0.5) is 0 Å². The second-order valence-electron chi connectivity index (χ2n) is 5.82. The van der Waals surface area contributed by atoms with Crippen molar-refractivity contribution in [1.82, 2.24) is 0 Å². The van der Waals surface area contributed by atoms with Crippen LogP contribution in [-0.4, -0.2) is 37.4 Å². The van der Waals surface area contributed by atoms with Crippen molar-refractivity contribution in [2.75, 3.05) is 13.2 Å². The third kappa shape index (κ3) is 11.1. The third-order valence-corrected chi connectivity index (χ3v) is 3.29. The molecule has 2 atom stereocenters. The highest BCUT2D eigenvalue weighted by atomic mass is 16.5. The standard InChI is InChI=1S/C20H30O5/c1-7-17(24-19(21)15(3)4)11-9-13-23-14-10-12-18(8-2)25-20(22)16(5)6/h7-8,17-18H,1-3,5,9-14H2,4,6H3. The first-order chi connectivity index (χ1) is 11.8. The molecule has 140 valence electrons. The minimum Gasteiger partial charge on any atom is -0.455 e. The van der Waals surface area contributed by atoms with Crippen molar-refractivity contribution in [2.24, 2.45) is 0 Å². The highest BCUT2D eigenvalue weighted by Crippen LogP contribution is 2.09. The molecule has 0 saturated heterocycles. The van der Waals surface area contributed by atoms with Gasteiger partial charge in [-0.15, -0.1) is 0 Å². The zero-order valence-electron chi connectivity index (χ0n) is 15.4. The summed E-state index contributed by atoms with van der Waals surface area (Å²) >= 11 is 0. The molecular weight excluding hydrogens is 320 g/mol. The van der Waals surface area contributed by atoms with E-state index in [1.165, 1.54) is 0 Å². The summed E-state index contributed by atoms with van der Waals surface area (Å²) in [6.07, 6.45) is 5.32. The molecule has 2 unspecified atom stereocenters. The van der Waals surface area contributed by atoms with Crippen molar-refractivity contribution in [3.8, 4) is 0 Å². The summed E-state index contributed by atoms with van der Waals surface area (Å²) in [7, 11) is 0. The smallest absolute Gasteiger partial charge is 0.333 e. The molecule has 0 aromatic rings. The molecule has 5 nitrogen and oxygen atoms in total. The summed E-state index contributed by atoms with van der Waals surface area (Å²) in [5.41, 5.74) is 0.736. The van der Waals surface area contributed by atoms with Crippen molar-refractivity contribution in [1.29, 1.82) is 0 Å². The minimum absolute atomic E-state index is 0.334. The number of hydrogen-bond donors (Lipinski definition) is 0. The molecule has 25 heavy (non-hydrogen) atoms. The van der Waals surface area contributed by atoms with Crippen LogP contribution in [0.5, 0.6) is 0 Å². The molecule has 0 spiro atoms. The fourth-order valence-electron chi connectivity index (χ4n) is 1.80. The maximum Gasteiger partial charge on any atom is 0.333 e. The van der Waals surface area contributed by atoms with Crippen molar-refractivity contribution >= 4 is 11.9 Å². The summed E-state index contributed by atoms with van der Waals surface area (Å²) in [6.45, 7) is 18.7. The number of hydrogen-bond acceptors (Lipinski definition) is 5. The fourth-order valence-corrected chi connectivity index (χ4v) is 1.80. The number of ether oxygens (including phenoxy) is 3. The zero-order valence-corrected chi connectivity index (χ0v) is 15.4. The average Bonchev–Trinajstić information content (AvgIpc) is 2.57. The Morgan fingerprint density at radius 1 is 0.840 bits per heavy atom. The van der Waals surface area contributed by atoms with Crippen LogP contribution >= 0.6 is 0 Å². The lowest BCUT2D eigenvalue weighted by Gasteiger charge is -2.15. The maximum absolute atomic E-state index is 11.4. The Morgan fingerprint density at radius 2 is 1.20 bits per heavy atom. The lowest BCUT2D eigenvalue weighted by atomic mass is 10.2. The number of carbonyl (C=O) groups is 2. The molecule has 0 aliphatic heterocycles. The van der Waals surface area contributed by atoms with Gasteiger partial charge in [0.25, 0.3) is 0 Å². The Morgan fingerprint density at radius 3 is 1.48 bits per heavy atom. The van der Waals surface area contributed by atoms with Crippen LogP contribution in [-0.2, 0) is 23.8 Å². The molecule has 0 fully saturated rings. The van der Waals surface area contributed by atoms with Gasteiger partial charge in [0.05, 0.1) is 0 Å². The predicted molar refractivity (Wildman–Crippen MR) is 99.1 cm³/mol. The molecule has 0 saturated carbocycles. The summed E-state index contributed by atoms with van der Waals surface area (Å²) in [4.78, 5) is 22.9. The normalized spacial score (nSPS) is 12.6. The van der Waals surface area contributed by atoms with Crippen LogP contribution in [0.3, 0.4) is 0 Å². The van der Waals surface area contributed by atoms with Gasteiger partial charge in [-0.2, -0.15) is 0 Å². The molecule has 0 aromatic carbocycles. The van der Waals surface area contributed by atoms with E-state index < -0.39 is 11.9 Å². The Bertz CT molecular complexity index is 448. The van der Waals surface area contributed by atoms with Gasteiger partial charge in [-0.1, -0.05) is 38.5 Å². The summed E-state index contributed by atoms with van der Waals surface area (Å²) < 4.78 is 16.0. The Labute approximate surface area is 151 Å². The second kappa shape index (κ2) is 13.2. The Hall–Kier alpha value is -2.14. The number of esters is 2. The van der Waals surface area contributed by atoms with Crippen molar-refractivity contribution in [3.05, 3.63) is 49.6 Å². The topological polar surface area (TPSA) is 61.8 Å². The largest absolute Gasteiger partial charge is 0.455 e. The first kappa shape index (κ1) is 22.9. The van der Waals surface area contributed by atoms with E-state index in [1.54, 1.807) is 26.0 Å². The van der Waals surface area contributed by atoms with Gasteiger partial charge in [0, 0.05) is 24.4 Å². The first-order valence-electron chi connectivity index (χ1n) is 8.37. The fraction of sp³-hybridized carbons (Fsp3) is 0.500. The lowest BCUT2D eigenvalue weighted by Crippen LogP contribution is -2.17. The summed E-state index contributed by atoms with van der Waals surface area (Å²) in [5, 5.41) is 0. The second-order valence-corrected chi connectivity index (χ2v) is 5.82. The molecule has 0 radical (unpaired) electrons. The monoisotopic (exact) mass is 350 g/mol. The third-order valence-electron chi connectivity index (χ3n) is 3.29. The molecule has 0 heterocycles. The SMILES string of the molecule is C=CC(CCCOCCCC(C=C)OC(=O)C(=C)C)OC(=O)C(=C)C. The molecule has 0 bridgehead atoms. The molecule has 0 amide bonds. The van der Waals surface area contributed by atoms with Gasteiger partial charge in [0.15, 0.2) is 0 Å². The predicted octanol–water partition coefficient (Wildman–Crippen LogP) is 3.91. The van der Waals surface area contributed by atoms with E-state index in [1.807, 2.05) is 0 Å². The van der Waals surface area contributed by atoms with E-state index in [-0.39, 0.29) is 12.2 Å². The van der Waals surface area contributed by atoms with Crippen LogP contribution < -0.4 is 0 Å². The van der Waals surface area contributed by atoms with E-state index in [0.29, 0.717) is 37.2 Å². The van der Waals surface area contributed by atoms with Gasteiger partial charge in [-0.3, -0.25) is 0 Å². The highest BCUT2D eigenvalue weighted by molar-refractivity contribution is 5.87. The van der Waals surface area contributed by atoms with E-state index in [4.69, 9.17) is 14.2 Å². The molecule has 5 heteroatoms. The first-order valence-corrected chi connectivity index (χ1v) is 8.37. The van der Waals surface area contributed by atoms with Crippen LogP contribution in [0.15, 0.2) is 49.6 Å². The van der Waals surface area contributed by atoms with E-state index >= 15 is 0 Å². The quantitative estimate of drug-likeness (QED) is 0.206. The average molecular weight is 350 g/mol. The molecule has 0 aliphatic carbocycles. The number of rotatable bonds is 14. The van der Waals surface area contributed by atoms with Gasteiger partial charge in [-0.05, 0) is 39.5 Å². The van der Waals surface area contributed by atoms with Crippen LogP contribution in [0.2, 0.25) is 0 Å². The van der Waals surface area contributed by atoms with Crippen molar-refractivity contribution in [3.63, 3.8) is 0 Å². The van der Waals surface area contributed by atoms with Crippen molar-refractivity contribution in [2.45, 2.75) is 51.7 Å². The van der Waals surface area contributed by atoms with Crippen molar-refractivity contribution < 1.29 is 23.8 Å². The van der Waals surface area contributed by atoms with E-state index in [9.17, 15) is 9.59 Å². The van der Waals surface area contributed by atoms with E-state index in [2.05, 4.69) is 26.3 Å². The van der Waals surface area contributed by atoms with Gasteiger partial charge < -0.3 is 14.2 Å². The molecule has 0 aliphatic rings. The molecule has 0 aromatic heterocycles. The van der Waals surface area contributed by atoms with E-state index in [0.717, 1.165) is 12.8 Å².